The van der Waals surface area contributed by atoms with Crippen molar-refractivity contribution in [2.45, 2.75) is 12.1 Å². The van der Waals surface area contributed by atoms with Crippen molar-refractivity contribution >= 4 is 29.4 Å². The number of fused-ring (bicyclic) bond motifs is 1. The van der Waals surface area contributed by atoms with Gasteiger partial charge in [-0.25, -0.2) is 9.69 Å². The van der Waals surface area contributed by atoms with Crippen LogP contribution in [0, 0.1) is 11.8 Å². The van der Waals surface area contributed by atoms with Crippen LogP contribution in [0.2, 0.25) is 0 Å². The minimum atomic E-state index is -1.39. The molecule has 0 radical (unpaired) electrons. The molecule has 2 saturated heterocycles. The molecular formula is C20H16N2O8. The van der Waals surface area contributed by atoms with Crippen LogP contribution in [0.4, 0.5) is 5.69 Å². The summed E-state index contributed by atoms with van der Waals surface area (Å²) < 4.78 is 0. The number of aromatic carboxylic acids is 1. The lowest BCUT2D eigenvalue weighted by atomic mass is 9.86. The molecular weight excluding hydrogens is 396 g/mol. The summed E-state index contributed by atoms with van der Waals surface area (Å²) in [6.07, 6.45) is 0. The first-order chi connectivity index (χ1) is 14.2. The van der Waals surface area contributed by atoms with Gasteiger partial charge >= 0.3 is 11.9 Å². The molecule has 2 heterocycles. The maximum Gasteiger partial charge on any atom is 0.335 e. The van der Waals surface area contributed by atoms with E-state index in [4.69, 9.17) is 0 Å². The highest BCUT2D eigenvalue weighted by molar-refractivity contribution is 6.24. The molecule has 10 heteroatoms. The Morgan fingerprint density at radius 2 is 1.63 bits per heavy atom. The highest BCUT2D eigenvalue weighted by Gasteiger charge is 2.61. The molecule has 5 N–H and O–H groups in total. The Kier molecular flexibility index (Phi) is 4.43. The van der Waals surface area contributed by atoms with Crippen LogP contribution in [0.15, 0.2) is 42.5 Å². The molecule has 0 bridgehead atoms. The summed E-state index contributed by atoms with van der Waals surface area (Å²) in [6.45, 7) is 0. The van der Waals surface area contributed by atoms with Crippen LogP contribution in [0.25, 0.3) is 0 Å². The van der Waals surface area contributed by atoms with Gasteiger partial charge in [-0.1, -0.05) is 12.1 Å². The third-order valence-corrected chi connectivity index (χ3v) is 5.44. The molecule has 2 aromatic rings. The van der Waals surface area contributed by atoms with E-state index in [0.717, 1.165) is 17.0 Å². The van der Waals surface area contributed by atoms with Crippen LogP contribution < -0.4 is 10.2 Å². The number of carboxylic acid groups (broad SMARTS) is 2. The molecule has 2 aromatic carbocycles. The van der Waals surface area contributed by atoms with Crippen molar-refractivity contribution in [3.05, 3.63) is 53.6 Å². The topological polar surface area (TPSA) is 164 Å². The molecule has 10 nitrogen and oxygen atoms in total. The number of phenols is 2. The van der Waals surface area contributed by atoms with Gasteiger partial charge in [0.25, 0.3) is 0 Å². The van der Waals surface area contributed by atoms with Crippen LogP contribution in [-0.4, -0.2) is 50.2 Å². The fourth-order valence-electron chi connectivity index (χ4n) is 4.15. The third-order valence-electron chi connectivity index (χ3n) is 5.44. The van der Waals surface area contributed by atoms with E-state index < -0.39 is 47.7 Å². The first-order valence-corrected chi connectivity index (χ1v) is 8.92. The predicted octanol–water partition coefficient (Wildman–Crippen LogP) is 0.699. The lowest BCUT2D eigenvalue weighted by molar-refractivity contribution is -0.142. The van der Waals surface area contributed by atoms with Crippen LogP contribution in [0.5, 0.6) is 11.5 Å². The summed E-state index contributed by atoms with van der Waals surface area (Å²) in [5.41, 5.74) is 0.0525. The molecule has 2 amide bonds. The van der Waals surface area contributed by atoms with Crippen LogP contribution in [0.3, 0.4) is 0 Å². The largest absolute Gasteiger partial charge is 0.508 e. The smallest absolute Gasteiger partial charge is 0.335 e. The molecule has 4 unspecified atom stereocenters. The second-order valence-electron chi connectivity index (χ2n) is 7.12. The number of nitrogens with one attached hydrogen (secondary N) is 1. The zero-order valence-electron chi connectivity index (χ0n) is 15.2. The number of hydrogen-bond donors (Lipinski definition) is 5. The van der Waals surface area contributed by atoms with Crippen molar-refractivity contribution in [3.8, 4) is 11.5 Å². The lowest BCUT2D eigenvalue weighted by Crippen LogP contribution is -2.43. The SMILES string of the molecule is O=C(O)c1cccc(N2C(=O)C3C(C(=O)O)NC(c4ccc(O)cc4O)C3C2=O)c1. The summed E-state index contributed by atoms with van der Waals surface area (Å²) in [5.74, 6) is -7.02. The third kappa shape index (κ3) is 2.85. The number of carbonyl (C=O) groups excluding carboxylic acids is 2. The van der Waals surface area contributed by atoms with Crippen molar-refractivity contribution < 1.29 is 39.6 Å². The number of benzene rings is 2. The molecule has 2 aliphatic heterocycles. The van der Waals surface area contributed by atoms with Gasteiger partial charge in [-0.05, 0) is 24.3 Å². The Morgan fingerprint density at radius 1 is 0.933 bits per heavy atom. The highest BCUT2D eigenvalue weighted by atomic mass is 16.4. The van der Waals surface area contributed by atoms with Gasteiger partial charge < -0.3 is 20.4 Å². The second kappa shape index (κ2) is 6.85. The molecule has 30 heavy (non-hydrogen) atoms. The number of aromatic hydroxyl groups is 2. The van der Waals surface area contributed by atoms with E-state index >= 15 is 0 Å². The second-order valence-corrected chi connectivity index (χ2v) is 7.12. The first kappa shape index (κ1) is 19.4. The average molecular weight is 412 g/mol. The number of aliphatic carboxylic acids is 1. The van der Waals surface area contributed by atoms with Crippen LogP contribution in [-0.2, 0) is 14.4 Å². The van der Waals surface area contributed by atoms with Gasteiger partial charge in [-0.2, -0.15) is 0 Å². The highest BCUT2D eigenvalue weighted by Crippen LogP contribution is 2.47. The van der Waals surface area contributed by atoms with E-state index in [1.165, 1.54) is 30.3 Å². The lowest BCUT2D eigenvalue weighted by Gasteiger charge is -2.22. The molecule has 4 rings (SSSR count). The molecule has 2 fully saturated rings. The van der Waals surface area contributed by atoms with Gasteiger partial charge in [0.15, 0.2) is 0 Å². The zero-order valence-corrected chi connectivity index (χ0v) is 15.2. The van der Waals surface area contributed by atoms with E-state index in [2.05, 4.69) is 5.32 Å². The molecule has 0 aliphatic carbocycles. The van der Waals surface area contributed by atoms with Crippen molar-refractivity contribution in [1.29, 1.82) is 0 Å². The van der Waals surface area contributed by atoms with E-state index in [0.29, 0.717) is 0 Å². The Bertz CT molecular complexity index is 1100. The number of amides is 2. The molecule has 0 saturated carbocycles. The number of carboxylic acids is 2. The molecule has 0 spiro atoms. The number of imide groups is 1. The Labute approximate surface area is 169 Å². The van der Waals surface area contributed by atoms with Crippen LogP contribution in [0.1, 0.15) is 22.0 Å². The predicted molar refractivity (Wildman–Crippen MR) is 99.9 cm³/mol. The summed E-state index contributed by atoms with van der Waals surface area (Å²) >= 11 is 0. The van der Waals surface area contributed by atoms with Crippen LogP contribution >= 0.6 is 0 Å². The Hall–Kier alpha value is -3.92. The van der Waals surface area contributed by atoms with E-state index in [1.807, 2.05) is 0 Å². The van der Waals surface area contributed by atoms with Gasteiger partial charge in [0.2, 0.25) is 11.8 Å². The Balaban J connectivity index is 1.79. The molecule has 0 aromatic heterocycles. The fourth-order valence-corrected chi connectivity index (χ4v) is 4.15. The monoisotopic (exact) mass is 412 g/mol. The standard InChI is InChI=1S/C20H16N2O8/c23-10-4-5-11(12(24)7-10)15-13-14(16(21-15)20(29)30)18(26)22(17(13)25)9-3-1-2-8(6-9)19(27)28/h1-7,13-16,21,23-24H,(H,27,28)(H,29,30). The van der Waals surface area contributed by atoms with Crippen molar-refractivity contribution in [1.82, 2.24) is 5.32 Å². The quantitative estimate of drug-likeness (QED) is 0.455. The van der Waals surface area contributed by atoms with Gasteiger partial charge in [0.1, 0.15) is 17.5 Å². The summed E-state index contributed by atoms with van der Waals surface area (Å²) in [7, 11) is 0. The minimum Gasteiger partial charge on any atom is -0.508 e. The first-order valence-electron chi connectivity index (χ1n) is 8.92. The maximum absolute atomic E-state index is 13.2. The van der Waals surface area contributed by atoms with Gasteiger partial charge in [0, 0.05) is 17.7 Å². The molecule has 4 atom stereocenters. The number of nitrogens with zero attached hydrogens (tertiary/aromatic N) is 1. The number of phenolic OH excluding ortho intramolecular Hbond substituents is 2. The van der Waals surface area contributed by atoms with Crippen molar-refractivity contribution in [2.75, 3.05) is 4.90 Å². The van der Waals surface area contributed by atoms with Gasteiger partial charge in [-0.15, -0.1) is 0 Å². The average Bonchev–Trinajstić information content (AvgIpc) is 3.19. The van der Waals surface area contributed by atoms with E-state index in [1.54, 1.807) is 0 Å². The van der Waals surface area contributed by atoms with Crippen molar-refractivity contribution in [2.24, 2.45) is 11.8 Å². The molecule has 2 aliphatic rings. The number of rotatable bonds is 4. The zero-order chi connectivity index (χ0) is 21.7. The number of carbonyl (C=O) groups is 4. The maximum atomic E-state index is 13.2. The number of anilines is 1. The normalized spacial score (nSPS) is 25.4. The van der Waals surface area contributed by atoms with E-state index in [-0.39, 0.29) is 28.3 Å². The molecule has 154 valence electrons. The number of hydrogen-bond acceptors (Lipinski definition) is 7. The summed E-state index contributed by atoms with van der Waals surface area (Å²) in [6, 6.07) is 6.51. The van der Waals surface area contributed by atoms with Crippen molar-refractivity contribution in [3.63, 3.8) is 0 Å². The fraction of sp³-hybridized carbons (Fsp3) is 0.200. The summed E-state index contributed by atoms with van der Waals surface area (Å²) in [5, 5.41) is 41.2. The van der Waals surface area contributed by atoms with E-state index in [9.17, 15) is 39.6 Å². The minimum absolute atomic E-state index is 0.0251. The van der Waals surface area contributed by atoms with Gasteiger partial charge in [-0.3, -0.25) is 19.7 Å². The summed E-state index contributed by atoms with van der Waals surface area (Å²) in [4.78, 5) is 50.1. The Morgan fingerprint density at radius 3 is 2.27 bits per heavy atom. The van der Waals surface area contributed by atoms with Gasteiger partial charge in [0.05, 0.1) is 23.1 Å².